The quantitative estimate of drug-likeness (QED) is 0.259. The van der Waals surface area contributed by atoms with E-state index in [1.165, 1.54) is 24.5 Å². The number of aryl methyl sites for hydroxylation is 1. The maximum atomic E-state index is 12.8. The van der Waals surface area contributed by atoms with E-state index in [2.05, 4.69) is 41.1 Å². The summed E-state index contributed by atoms with van der Waals surface area (Å²) < 4.78 is 11.9. The molecule has 5 rings (SSSR count). The van der Waals surface area contributed by atoms with Crippen LogP contribution < -0.4 is 20.7 Å². The summed E-state index contributed by atoms with van der Waals surface area (Å²) in [4.78, 5) is 14.7. The van der Waals surface area contributed by atoms with Crippen LogP contribution in [0.2, 0.25) is 0 Å². The molecule has 1 aliphatic carbocycles. The van der Waals surface area contributed by atoms with Crippen molar-refractivity contribution in [2.45, 2.75) is 75.9 Å². The summed E-state index contributed by atoms with van der Waals surface area (Å²) in [6, 6.07) is 16.6. The van der Waals surface area contributed by atoms with Gasteiger partial charge in [0.2, 0.25) is 5.91 Å². The Kier molecular flexibility index (Phi) is 9.19. The minimum atomic E-state index is -0.846. The first-order chi connectivity index (χ1) is 19.0. The molecule has 2 fully saturated rings. The standard InChI is InChI=1S/C31H42N4O4/c1-2-23-10-11-28-25(18-23)26(19-31(39-28)13-6-7-14-31)32-21-27(36)30(33-20-24-8-4-3-5-9-24)34-29(37)12-15-35-16-17-38-22-35/h3-5,8-12,15,18,26-27,30,32-33,36H,2,6-7,13-14,16-17,19-22H2,1H3,(H,34,37)/b15-12+/t26-,27+,30+/m0/s1. The van der Waals surface area contributed by atoms with E-state index in [9.17, 15) is 9.90 Å². The number of hydrogen-bond donors (Lipinski definition) is 4. The number of benzene rings is 2. The lowest BCUT2D eigenvalue weighted by atomic mass is 9.85. The zero-order valence-corrected chi connectivity index (χ0v) is 22.9. The number of carbonyl (C=O) groups is 1. The second-order valence-electron chi connectivity index (χ2n) is 11.0. The highest BCUT2D eigenvalue weighted by Crippen LogP contribution is 2.47. The summed E-state index contributed by atoms with van der Waals surface area (Å²) in [7, 11) is 0. The third-order valence-corrected chi connectivity index (χ3v) is 8.12. The predicted molar refractivity (Wildman–Crippen MR) is 151 cm³/mol. The molecule has 3 atom stereocenters. The van der Waals surface area contributed by atoms with E-state index in [1.54, 1.807) is 6.20 Å². The van der Waals surface area contributed by atoms with Gasteiger partial charge in [-0.05, 0) is 49.3 Å². The van der Waals surface area contributed by atoms with Gasteiger partial charge in [-0.3, -0.25) is 10.1 Å². The molecule has 2 heterocycles. The number of nitrogens with zero attached hydrogens (tertiary/aromatic N) is 1. The Morgan fingerprint density at radius 2 is 2.00 bits per heavy atom. The third kappa shape index (κ3) is 7.19. The summed E-state index contributed by atoms with van der Waals surface area (Å²) in [5, 5.41) is 21.3. The van der Waals surface area contributed by atoms with Crippen LogP contribution in [0.1, 0.15) is 61.8 Å². The Morgan fingerprint density at radius 1 is 1.18 bits per heavy atom. The first kappa shape index (κ1) is 27.6. The summed E-state index contributed by atoms with van der Waals surface area (Å²) in [6.45, 7) is 4.92. The van der Waals surface area contributed by atoms with Crippen molar-refractivity contribution >= 4 is 5.91 Å². The zero-order valence-electron chi connectivity index (χ0n) is 22.9. The van der Waals surface area contributed by atoms with Crippen LogP contribution in [0, 0.1) is 0 Å². The summed E-state index contributed by atoms with van der Waals surface area (Å²) in [6.07, 6.45) is 8.11. The molecule has 39 heavy (non-hydrogen) atoms. The number of nitrogens with one attached hydrogen (secondary N) is 3. The number of ether oxygens (including phenoxy) is 2. The molecule has 8 heteroatoms. The highest BCUT2D eigenvalue weighted by Gasteiger charge is 2.43. The van der Waals surface area contributed by atoms with Crippen LogP contribution in [0.25, 0.3) is 0 Å². The van der Waals surface area contributed by atoms with Crippen molar-refractivity contribution in [3.63, 3.8) is 0 Å². The lowest BCUT2D eigenvalue weighted by Gasteiger charge is -2.41. The molecule has 210 valence electrons. The van der Waals surface area contributed by atoms with Gasteiger partial charge in [0.05, 0.1) is 12.7 Å². The molecule has 0 aromatic heterocycles. The first-order valence-electron chi connectivity index (χ1n) is 14.3. The Morgan fingerprint density at radius 3 is 2.74 bits per heavy atom. The van der Waals surface area contributed by atoms with Crippen molar-refractivity contribution in [1.82, 2.24) is 20.9 Å². The molecule has 0 unspecified atom stereocenters. The van der Waals surface area contributed by atoms with Crippen LogP contribution >= 0.6 is 0 Å². The van der Waals surface area contributed by atoms with Crippen molar-refractivity contribution < 1.29 is 19.4 Å². The van der Waals surface area contributed by atoms with E-state index in [-0.39, 0.29) is 17.6 Å². The Bertz CT molecular complexity index is 1110. The Labute approximate surface area is 231 Å². The van der Waals surface area contributed by atoms with Crippen LogP contribution in [0.4, 0.5) is 0 Å². The molecular weight excluding hydrogens is 492 g/mol. The van der Waals surface area contributed by atoms with E-state index < -0.39 is 12.3 Å². The fourth-order valence-corrected chi connectivity index (χ4v) is 5.86. The fraction of sp³-hybridized carbons (Fsp3) is 0.516. The lowest BCUT2D eigenvalue weighted by molar-refractivity contribution is -0.118. The third-order valence-electron chi connectivity index (χ3n) is 8.12. The first-order valence-corrected chi connectivity index (χ1v) is 14.3. The van der Waals surface area contributed by atoms with E-state index in [0.717, 1.165) is 49.1 Å². The number of aliphatic hydroxyl groups excluding tert-OH is 1. The highest BCUT2D eigenvalue weighted by molar-refractivity contribution is 5.87. The summed E-state index contributed by atoms with van der Waals surface area (Å²) in [5.74, 6) is 0.691. The minimum Gasteiger partial charge on any atom is -0.487 e. The van der Waals surface area contributed by atoms with Gasteiger partial charge in [0.1, 0.15) is 24.2 Å². The number of rotatable bonds is 11. The largest absolute Gasteiger partial charge is 0.487 e. The zero-order chi connectivity index (χ0) is 27.1. The molecule has 0 radical (unpaired) electrons. The number of fused-ring (bicyclic) bond motifs is 1. The molecule has 3 aliphatic rings. The Hall–Kier alpha value is -2.91. The van der Waals surface area contributed by atoms with Crippen molar-refractivity contribution in [2.24, 2.45) is 0 Å². The minimum absolute atomic E-state index is 0.0773. The lowest BCUT2D eigenvalue weighted by Crippen LogP contribution is -2.55. The molecule has 2 aliphatic heterocycles. The normalized spacial score (nSPS) is 21.6. The van der Waals surface area contributed by atoms with Gasteiger partial charge in [0.25, 0.3) is 0 Å². The van der Waals surface area contributed by atoms with E-state index >= 15 is 0 Å². The molecule has 1 saturated carbocycles. The maximum absolute atomic E-state index is 12.8. The molecule has 2 aromatic carbocycles. The second kappa shape index (κ2) is 13.0. The van der Waals surface area contributed by atoms with Gasteiger partial charge in [-0.15, -0.1) is 0 Å². The second-order valence-corrected chi connectivity index (χ2v) is 11.0. The Balaban J connectivity index is 1.27. The van der Waals surface area contributed by atoms with Crippen LogP contribution in [-0.4, -0.2) is 60.2 Å². The van der Waals surface area contributed by atoms with E-state index in [1.807, 2.05) is 35.2 Å². The molecule has 1 spiro atoms. The average molecular weight is 535 g/mol. The average Bonchev–Trinajstić information content (AvgIpc) is 3.65. The van der Waals surface area contributed by atoms with Gasteiger partial charge in [0.15, 0.2) is 0 Å². The molecule has 1 saturated heterocycles. The molecule has 0 bridgehead atoms. The number of hydrogen-bond acceptors (Lipinski definition) is 7. The molecule has 2 aromatic rings. The summed E-state index contributed by atoms with van der Waals surface area (Å²) in [5.41, 5.74) is 3.38. The fourth-order valence-electron chi connectivity index (χ4n) is 5.86. The van der Waals surface area contributed by atoms with Crippen molar-refractivity contribution in [3.8, 4) is 5.75 Å². The topological polar surface area (TPSA) is 95.1 Å². The van der Waals surface area contributed by atoms with Gasteiger partial charge >= 0.3 is 0 Å². The number of amides is 1. The summed E-state index contributed by atoms with van der Waals surface area (Å²) >= 11 is 0. The maximum Gasteiger partial charge on any atom is 0.246 e. The monoisotopic (exact) mass is 534 g/mol. The van der Waals surface area contributed by atoms with Crippen LogP contribution in [0.5, 0.6) is 5.75 Å². The molecule has 4 N–H and O–H groups in total. The smallest absolute Gasteiger partial charge is 0.246 e. The molecule has 8 nitrogen and oxygen atoms in total. The van der Waals surface area contributed by atoms with Gasteiger partial charge in [-0.2, -0.15) is 0 Å². The van der Waals surface area contributed by atoms with Crippen LogP contribution in [0.15, 0.2) is 60.8 Å². The van der Waals surface area contributed by atoms with Crippen LogP contribution in [-0.2, 0) is 22.5 Å². The SMILES string of the molecule is CCc1ccc2c(c1)[C@@H](NC[C@@H](O)[C@H](NCc1ccccc1)NC(=O)/C=C/N1CCOC1)CC1(CCCC1)O2. The van der Waals surface area contributed by atoms with Gasteiger partial charge in [-0.25, -0.2) is 0 Å². The van der Waals surface area contributed by atoms with Crippen molar-refractivity contribution in [1.29, 1.82) is 0 Å². The number of aliphatic hydroxyl groups is 1. The van der Waals surface area contributed by atoms with Gasteiger partial charge in [-0.1, -0.05) is 49.4 Å². The van der Waals surface area contributed by atoms with Gasteiger partial charge in [0, 0.05) is 49.9 Å². The van der Waals surface area contributed by atoms with Crippen molar-refractivity contribution in [2.75, 3.05) is 26.4 Å². The van der Waals surface area contributed by atoms with E-state index in [4.69, 9.17) is 9.47 Å². The predicted octanol–water partition coefficient (Wildman–Crippen LogP) is 3.37. The number of carbonyl (C=O) groups excluding carboxylic acids is 1. The van der Waals surface area contributed by atoms with Gasteiger partial charge < -0.3 is 30.1 Å². The molecular formula is C31H42N4O4. The molecule has 1 amide bonds. The van der Waals surface area contributed by atoms with Crippen LogP contribution in [0.3, 0.4) is 0 Å². The van der Waals surface area contributed by atoms with E-state index in [0.29, 0.717) is 26.4 Å². The van der Waals surface area contributed by atoms with Crippen molar-refractivity contribution in [3.05, 3.63) is 77.5 Å². The highest BCUT2D eigenvalue weighted by atomic mass is 16.5.